The average molecular weight is 334 g/mol. The van der Waals surface area contributed by atoms with E-state index in [1.807, 2.05) is 48.5 Å². The van der Waals surface area contributed by atoms with Crippen molar-refractivity contribution in [2.75, 3.05) is 0 Å². The van der Waals surface area contributed by atoms with Crippen molar-refractivity contribution in [3.8, 4) is 11.1 Å². The van der Waals surface area contributed by atoms with Gasteiger partial charge in [0, 0.05) is 23.2 Å². The van der Waals surface area contributed by atoms with Crippen LogP contribution < -0.4 is 0 Å². The third-order valence-corrected chi connectivity index (χ3v) is 4.86. The molecule has 2 aromatic carbocycles. The summed E-state index contributed by atoms with van der Waals surface area (Å²) in [5.74, 6) is 0.377. The Kier molecular flexibility index (Phi) is 3.91. The van der Waals surface area contributed by atoms with Crippen LogP contribution in [0.4, 0.5) is 0 Å². The number of fused-ring (bicyclic) bond motifs is 1. The highest BCUT2D eigenvalue weighted by Crippen LogP contribution is 2.36. The molecule has 1 heterocycles. The van der Waals surface area contributed by atoms with Crippen LogP contribution in [0.3, 0.4) is 0 Å². The van der Waals surface area contributed by atoms with Crippen molar-refractivity contribution in [3.05, 3.63) is 88.7 Å². The van der Waals surface area contributed by atoms with E-state index >= 15 is 0 Å². The lowest BCUT2D eigenvalue weighted by Gasteiger charge is -2.25. The Morgan fingerprint density at radius 1 is 0.917 bits per heavy atom. The van der Waals surface area contributed by atoms with E-state index in [0.717, 1.165) is 28.8 Å². The van der Waals surface area contributed by atoms with Crippen LogP contribution in [0.15, 0.2) is 66.9 Å². The quantitative estimate of drug-likeness (QED) is 0.635. The molecule has 3 aromatic rings. The number of halogens is 1. The molecule has 0 saturated carbocycles. The van der Waals surface area contributed by atoms with Gasteiger partial charge < -0.3 is 0 Å². The van der Waals surface area contributed by atoms with Crippen LogP contribution in [0.1, 0.15) is 34.0 Å². The smallest absolute Gasteiger partial charge is 0.165 e. The topological polar surface area (TPSA) is 30.0 Å². The second-order valence-corrected chi connectivity index (χ2v) is 6.56. The van der Waals surface area contributed by atoms with Gasteiger partial charge in [-0.1, -0.05) is 54.1 Å². The molecular weight excluding hydrogens is 318 g/mol. The zero-order valence-electron chi connectivity index (χ0n) is 13.1. The Hall–Kier alpha value is -2.45. The van der Waals surface area contributed by atoms with Crippen molar-refractivity contribution in [2.24, 2.45) is 0 Å². The minimum absolute atomic E-state index is 0.170. The predicted molar refractivity (Wildman–Crippen MR) is 96.5 cm³/mol. The summed E-state index contributed by atoms with van der Waals surface area (Å²) in [5.41, 5.74) is 4.83. The maximum absolute atomic E-state index is 12.9. The first-order chi connectivity index (χ1) is 11.7. The maximum Gasteiger partial charge on any atom is 0.165 e. The number of ketones is 1. The number of nitrogens with zero attached hydrogens (tertiary/aromatic N) is 1. The lowest BCUT2D eigenvalue weighted by molar-refractivity contribution is 0.0964. The lowest BCUT2D eigenvalue weighted by Crippen LogP contribution is -2.21. The SMILES string of the molecule is O=C1C[C@H](c2ccccc2)Cc2nccc(-c3ccc(Cl)cc3)c21. The van der Waals surface area contributed by atoms with E-state index in [2.05, 4.69) is 17.1 Å². The fourth-order valence-corrected chi connectivity index (χ4v) is 3.56. The van der Waals surface area contributed by atoms with E-state index in [1.165, 1.54) is 5.56 Å². The van der Waals surface area contributed by atoms with Gasteiger partial charge in [-0.05, 0) is 47.2 Å². The molecule has 3 heteroatoms. The molecule has 0 N–H and O–H groups in total. The van der Waals surface area contributed by atoms with E-state index in [9.17, 15) is 4.79 Å². The molecule has 1 aliphatic rings. The fraction of sp³-hybridized carbons (Fsp3) is 0.143. The normalized spacial score (nSPS) is 16.7. The molecular formula is C21H16ClNO. The fourth-order valence-electron chi connectivity index (χ4n) is 3.43. The van der Waals surface area contributed by atoms with E-state index in [1.54, 1.807) is 6.20 Å². The number of hydrogen-bond acceptors (Lipinski definition) is 2. The number of hydrogen-bond donors (Lipinski definition) is 0. The van der Waals surface area contributed by atoms with Crippen LogP contribution in [0.5, 0.6) is 0 Å². The van der Waals surface area contributed by atoms with Gasteiger partial charge in [0.2, 0.25) is 0 Å². The largest absolute Gasteiger partial charge is 0.294 e. The van der Waals surface area contributed by atoms with Gasteiger partial charge in [-0.2, -0.15) is 0 Å². The molecule has 0 unspecified atom stereocenters. The maximum atomic E-state index is 12.9. The molecule has 1 aliphatic carbocycles. The minimum atomic E-state index is 0.170. The predicted octanol–water partition coefficient (Wildman–Crippen LogP) is 5.31. The van der Waals surface area contributed by atoms with Gasteiger partial charge in [0.1, 0.15) is 0 Å². The highest BCUT2D eigenvalue weighted by atomic mass is 35.5. The number of rotatable bonds is 2. The Morgan fingerprint density at radius 3 is 2.42 bits per heavy atom. The number of pyridine rings is 1. The first kappa shape index (κ1) is 15.1. The molecule has 2 nitrogen and oxygen atoms in total. The minimum Gasteiger partial charge on any atom is -0.294 e. The van der Waals surface area contributed by atoms with Crippen LogP contribution in [0.2, 0.25) is 5.02 Å². The summed E-state index contributed by atoms with van der Waals surface area (Å²) in [6.07, 6.45) is 3.12. The van der Waals surface area contributed by atoms with Crippen LogP contribution in [-0.4, -0.2) is 10.8 Å². The number of Topliss-reactive ketones (excluding diaryl/α,β-unsaturated/α-hetero) is 1. The molecule has 0 bridgehead atoms. The molecule has 1 aromatic heterocycles. The molecule has 24 heavy (non-hydrogen) atoms. The second-order valence-electron chi connectivity index (χ2n) is 6.13. The van der Waals surface area contributed by atoms with Crippen molar-refractivity contribution in [1.29, 1.82) is 0 Å². The molecule has 0 radical (unpaired) electrons. The van der Waals surface area contributed by atoms with E-state index in [-0.39, 0.29) is 11.7 Å². The van der Waals surface area contributed by atoms with E-state index in [4.69, 9.17) is 11.6 Å². The summed E-state index contributed by atoms with van der Waals surface area (Å²) in [6, 6.07) is 19.7. The summed E-state index contributed by atoms with van der Waals surface area (Å²) in [7, 11) is 0. The van der Waals surface area contributed by atoms with Crippen LogP contribution >= 0.6 is 11.6 Å². The Bertz CT molecular complexity index is 887. The highest BCUT2D eigenvalue weighted by molar-refractivity contribution is 6.30. The van der Waals surface area contributed by atoms with Gasteiger partial charge in [0.25, 0.3) is 0 Å². The summed E-state index contributed by atoms with van der Waals surface area (Å²) in [6.45, 7) is 0. The number of carbonyl (C=O) groups is 1. The number of benzene rings is 2. The zero-order valence-corrected chi connectivity index (χ0v) is 13.8. The van der Waals surface area contributed by atoms with Crippen LogP contribution in [-0.2, 0) is 6.42 Å². The molecule has 0 fully saturated rings. The Balaban J connectivity index is 1.76. The molecule has 0 spiro atoms. The number of aromatic nitrogens is 1. The van der Waals surface area contributed by atoms with Gasteiger partial charge in [0.15, 0.2) is 5.78 Å². The van der Waals surface area contributed by atoms with Crippen molar-refractivity contribution < 1.29 is 4.79 Å². The molecule has 118 valence electrons. The van der Waals surface area contributed by atoms with Gasteiger partial charge in [-0.3, -0.25) is 9.78 Å². The van der Waals surface area contributed by atoms with Gasteiger partial charge >= 0.3 is 0 Å². The van der Waals surface area contributed by atoms with Gasteiger partial charge in [0.05, 0.1) is 5.69 Å². The molecule has 0 saturated heterocycles. The lowest BCUT2D eigenvalue weighted by atomic mass is 9.79. The Morgan fingerprint density at radius 2 is 1.67 bits per heavy atom. The summed E-state index contributed by atoms with van der Waals surface area (Å²) in [4.78, 5) is 17.4. The monoisotopic (exact) mass is 333 g/mol. The average Bonchev–Trinajstić information content (AvgIpc) is 2.62. The van der Waals surface area contributed by atoms with Crippen LogP contribution in [0.25, 0.3) is 11.1 Å². The molecule has 0 amide bonds. The van der Waals surface area contributed by atoms with Crippen molar-refractivity contribution in [1.82, 2.24) is 4.98 Å². The molecule has 1 atom stereocenters. The standard InChI is InChI=1S/C21H16ClNO/c22-17-8-6-15(7-9-17)18-10-11-23-19-12-16(13-20(24)21(18)19)14-4-2-1-3-5-14/h1-11,16H,12-13H2/t16-/m1/s1. The summed E-state index contributed by atoms with van der Waals surface area (Å²) in [5, 5.41) is 0.692. The van der Waals surface area contributed by atoms with Crippen LogP contribution in [0, 0.1) is 0 Å². The number of carbonyl (C=O) groups excluding carboxylic acids is 1. The van der Waals surface area contributed by atoms with Gasteiger partial charge in [-0.25, -0.2) is 0 Å². The Labute approximate surface area is 146 Å². The van der Waals surface area contributed by atoms with Crippen molar-refractivity contribution in [3.63, 3.8) is 0 Å². The van der Waals surface area contributed by atoms with E-state index in [0.29, 0.717) is 11.4 Å². The second kappa shape index (κ2) is 6.21. The highest BCUT2D eigenvalue weighted by Gasteiger charge is 2.29. The van der Waals surface area contributed by atoms with Crippen molar-refractivity contribution in [2.45, 2.75) is 18.8 Å². The third kappa shape index (κ3) is 2.74. The first-order valence-electron chi connectivity index (χ1n) is 8.04. The third-order valence-electron chi connectivity index (χ3n) is 4.61. The summed E-state index contributed by atoms with van der Waals surface area (Å²) < 4.78 is 0. The first-order valence-corrected chi connectivity index (χ1v) is 8.42. The molecule has 4 rings (SSSR count). The van der Waals surface area contributed by atoms with E-state index < -0.39 is 0 Å². The van der Waals surface area contributed by atoms with Gasteiger partial charge in [-0.15, -0.1) is 0 Å². The molecule has 0 aliphatic heterocycles. The summed E-state index contributed by atoms with van der Waals surface area (Å²) >= 11 is 5.98. The van der Waals surface area contributed by atoms with Crippen molar-refractivity contribution >= 4 is 17.4 Å². The zero-order chi connectivity index (χ0) is 16.5.